The topological polar surface area (TPSA) is 3.24 Å². The van der Waals surface area contributed by atoms with Crippen molar-refractivity contribution >= 4 is 0 Å². The molecule has 2 rings (SSSR count). The molecule has 1 aliphatic heterocycles. The Morgan fingerprint density at radius 2 is 1.60 bits per heavy atom. The summed E-state index contributed by atoms with van der Waals surface area (Å²) in [5, 5.41) is 0. The molecule has 1 aromatic rings. The van der Waals surface area contributed by atoms with E-state index < -0.39 is 0 Å². The first-order chi connectivity index (χ1) is 9.10. The summed E-state index contributed by atoms with van der Waals surface area (Å²) < 4.78 is 0. The highest BCUT2D eigenvalue weighted by Crippen LogP contribution is 2.39. The Kier molecular flexibility index (Phi) is 3.75. The van der Waals surface area contributed by atoms with Crippen molar-refractivity contribution in [3.05, 3.63) is 47.7 Å². The molecule has 0 bridgehead atoms. The van der Waals surface area contributed by atoms with Crippen molar-refractivity contribution in [1.82, 2.24) is 4.90 Å². The predicted octanol–water partition coefficient (Wildman–Crippen LogP) is 5.02. The fourth-order valence-electron chi connectivity index (χ4n) is 3.01. The Morgan fingerprint density at radius 3 is 2.10 bits per heavy atom. The van der Waals surface area contributed by atoms with Gasteiger partial charge in [-0.25, -0.2) is 0 Å². The maximum absolute atomic E-state index is 4.41. The molecule has 0 spiro atoms. The van der Waals surface area contributed by atoms with Crippen LogP contribution in [0.1, 0.15) is 52.7 Å². The van der Waals surface area contributed by atoms with Gasteiger partial charge in [-0.2, -0.15) is 0 Å². The molecule has 110 valence electrons. The van der Waals surface area contributed by atoms with Crippen LogP contribution in [0.15, 0.2) is 36.5 Å². The molecule has 1 unspecified atom stereocenters. The molecular formula is C19H29N. The molecule has 0 saturated carbocycles. The Morgan fingerprint density at radius 1 is 1.05 bits per heavy atom. The summed E-state index contributed by atoms with van der Waals surface area (Å²) in [6, 6.07) is 9.37. The van der Waals surface area contributed by atoms with Crippen molar-refractivity contribution < 1.29 is 0 Å². The zero-order valence-corrected chi connectivity index (χ0v) is 14.0. The van der Waals surface area contributed by atoms with E-state index in [2.05, 4.69) is 77.3 Å². The van der Waals surface area contributed by atoms with E-state index in [0.717, 1.165) is 13.0 Å². The van der Waals surface area contributed by atoms with Crippen molar-refractivity contribution in [2.45, 2.75) is 60.5 Å². The average molecular weight is 271 g/mol. The lowest BCUT2D eigenvalue weighted by atomic mass is 9.77. The first-order valence-corrected chi connectivity index (χ1v) is 7.63. The second kappa shape index (κ2) is 4.95. The highest BCUT2D eigenvalue weighted by atomic mass is 15.2. The Balaban J connectivity index is 2.41. The molecule has 1 aliphatic rings. The van der Waals surface area contributed by atoms with Gasteiger partial charge in [0.25, 0.3) is 0 Å². The van der Waals surface area contributed by atoms with Gasteiger partial charge in [0.1, 0.15) is 0 Å². The van der Waals surface area contributed by atoms with Crippen LogP contribution >= 0.6 is 0 Å². The van der Waals surface area contributed by atoms with Crippen LogP contribution < -0.4 is 0 Å². The number of nitrogens with zero attached hydrogens (tertiary/aromatic N) is 1. The number of hydrogen-bond donors (Lipinski definition) is 0. The van der Waals surface area contributed by atoms with E-state index in [1.807, 2.05) is 0 Å². The minimum atomic E-state index is 0.121. The van der Waals surface area contributed by atoms with Crippen LogP contribution in [0.5, 0.6) is 0 Å². The summed E-state index contributed by atoms with van der Waals surface area (Å²) in [7, 11) is 0. The van der Waals surface area contributed by atoms with Crippen molar-refractivity contribution in [1.29, 1.82) is 0 Å². The summed E-state index contributed by atoms with van der Waals surface area (Å²) in [5.74, 6) is 0. The third kappa shape index (κ3) is 2.92. The van der Waals surface area contributed by atoms with Gasteiger partial charge in [0.05, 0.1) is 0 Å². The molecule has 1 nitrogen and oxygen atoms in total. The first-order valence-electron chi connectivity index (χ1n) is 7.63. The summed E-state index contributed by atoms with van der Waals surface area (Å²) in [6.45, 7) is 19.2. The van der Waals surface area contributed by atoms with E-state index >= 15 is 0 Å². The molecule has 1 heterocycles. The lowest BCUT2D eigenvalue weighted by Gasteiger charge is -2.49. The van der Waals surface area contributed by atoms with Crippen molar-refractivity contribution in [2.24, 2.45) is 10.8 Å². The Labute approximate surface area is 124 Å². The van der Waals surface area contributed by atoms with Crippen molar-refractivity contribution in [3.8, 4) is 0 Å². The van der Waals surface area contributed by atoms with Crippen LogP contribution in [-0.4, -0.2) is 10.9 Å². The second-order valence-corrected chi connectivity index (χ2v) is 8.18. The van der Waals surface area contributed by atoms with Crippen LogP contribution in [0.2, 0.25) is 0 Å². The number of allylic oxidation sites excluding steroid dienone is 1. The molecule has 0 saturated heterocycles. The van der Waals surface area contributed by atoms with Crippen LogP contribution in [0.3, 0.4) is 0 Å². The molecule has 0 aromatic heterocycles. The van der Waals surface area contributed by atoms with E-state index in [0.29, 0.717) is 6.04 Å². The molecule has 0 aliphatic carbocycles. The molecule has 1 heteroatoms. The number of fused-ring (bicyclic) bond motifs is 1. The fraction of sp³-hybridized carbons (Fsp3) is 0.579. The zero-order chi connectivity index (χ0) is 15.1. The van der Waals surface area contributed by atoms with Crippen LogP contribution in [0.25, 0.3) is 0 Å². The number of hydrogen-bond acceptors (Lipinski definition) is 1. The summed E-state index contributed by atoms with van der Waals surface area (Å²) in [5.41, 5.74) is 4.59. The van der Waals surface area contributed by atoms with Crippen LogP contribution in [-0.2, 0) is 13.0 Å². The highest BCUT2D eigenvalue weighted by molar-refractivity contribution is 5.32. The Hall–Kier alpha value is -1.24. The molecule has 20 heavy (non-hydrogen) atoms. The maximum atomic E-state index is 4.41. The zero-order valence-electron chi connectivity index (χ0n) is 14.0. The quantitative estimate of drug-likeness (QED) is 0.693. The minimum absolute atomic E-state index is 0.121. The summed E-state index contributed by atoms with van der Waals surface area (Å²) in [4.78, 5) is 2.54. The molecule has 1 atom stereocenters. The predicted molar refractivity (Wildman–Crippen MR) is 87.5 cm³/mol. The molecule has 0 N–H and O–H groups in total. The van der Waals surface area contributed by atoms with Gasteiger partial charge in [-0.3, -0.25) is 0 Å². The SMILES string of the molecule is C=C(N1Cc2ccccc2CC1C(C)(C)C)C(C)(C)C. The van der Waals surface area contributed by atoms with E-state index in [1.165, 1.54) is 16.8 Å². The van der Waals surface area contributed by atoms with E-state index in [-0.39, 0.29) is 10.8 Å². The molecule has 0 radical (unpaired) electrons. The lowest BCUT2D eigenvalue weighted by molar-refractivity contribution is 0.0932. The summed E-state index contributed by atoms with van der Waals surface area (Å²) >= 11 is 0. The Bertz CT molecular complexity index is 499. The largest absolute Gasteiger partial charge is 0.367 e. The molecule has 0 fully saturated rings. The van der Waals surface area contributed by atoms with Crippen molar-refractivity contribution in [2.75, 3.05) is 0 Å². The van der Waals surface area contributed by atoms with Gasteiger partial charge in [0, 0.05) is 23.7 Å². The standard InChI is InChI=1S/C19H29N/c1-14(18(2,3)4)20-13-16-11-9-8-10-15(16)12-17(20)19(5,6)7/h8-11,17H,1,12-13H2,2-7H3. The van der Waals surface area contributed by atoms with Crippen molar-refractivity contribution in [3.63, 3.8) is 0 Å². The van der Waals surface area contributed by atoms with E-state index in [4.69, 9.17) is 0 Å². The first kappa shape index (κ1) is 15.2. The molecule has 1 aromatic carbocycles. The number of benzene rings is 1. The van der Waals surface area contributed by atoms with Gasteiger partial charge in [0.15, 0.2) is 0 Å². The van der Waals surface area contributed by atoms with Gasteiger partial charge in [-0.1, -0.05) is 72.4 Å². The van der Waals surface area contributed by atoms with Gasteiger partial charge in [-0.15, -0.1) is 0 Å². The normalized spacial score (nSPS) is 19.7. The van der Waals surface area contributed by atoms with Gasteiger partial charge in [-0.05, 0) is 23.0 Å². The smallest absolute Gasteiger partial charge is 0.0432 e. The monoisotopic (exact) mass is 271 g/mol. The van der Waals surface area contributed by atoms with E-state index in [1.54, 1.807) is 0 Å². The van der Waals surface area contributed by atoms with E-state index in [9.17, 15) is 0 Å². The third-order valence-electron chi connectivity index (χ3n) is 4.46. The third-order valence-corrected chi connectivity index (χ3v) is 4.46. The molecule has 0 amide bonds. The number of rotatable bonds is 1. The maximum Gasteiger partial charge on any atom is 0.0432 e. The molecular weight excluding hydrogens is 242 g/mol. The fourth-order valence-corrected chi connectivity index (χ4v) is 3.01. The van der Waals surface area contributed by atoms with Gasteiger partial charge >= 0.3 is 0 Å². The average Bonchev–Trinajstić information content (AvgIpc) is 2.34. The lowest BCUT2D eigenvalue weighted by Crippen LogP contribution is -2.49. The van der Waals surface area contributed by atoms with Crippen LogP contribution in [0.4, 0.5) is 0 Å². The van der Waals surface area contributed by atoms with Gasteiger partial charge in [0.2, 0.25) is 0 Å². The second-order valence-electron chi connectivity index (χ2n) is 8.18. The summed E-state index contributed by atoms with van der Waals surface area (Å²) in [6.07, 6.45) is 1.12. The van der Waals surface area contributed by atoms with Gasteiger partial charge < -0.3 is 4.90 Å². The minimum Gasteiger partial charge on any atom is -0.367 e. The highest BCUT2D eigenvalue weighted by Gasteiger charge is 2.37. The van der Waals surface area contributed by atoms with Crippen LogP contribution in [0, 0.1) is 10.8 Å².